The molecule has 5 nitrogen and oxygen atoms in total. The summed E-state index contributed by atoms with van der Waals surface area (Å²) in [5.74, 6) is 0. The molecule has 6 heteroatoms. The topological polar surface area (TPSA) is 74.5 Å². The van der Waals surface area contributed by atoms with Gasteiger partial charge in [0.15, 0.2) is 0 Å². The summed E-state index contributed by atoms with van der Waals surface area (Å²) in [6.45, 7) is 0. The third kappa shape index (κ3) is 1.90. The molecule has 0 bridgehead atoms. The lowest BCUT2D eigenvalue weighted by atomic mass is 10.2. The maximum absolute atomic E-state index is 8.43. The van der Waals surface area contributed by atoms with Crippen LogP contribution in [0.15, 0.2) is 47.7 Å². The average molecular weight is 253 g/mol. The van der Waals surface area contributed by atoms with Crippen LogP contribution in [-0.4, -0.2) is 9.97 Å². The lowest BCUT2D eigenvalue weighted by Crippen LogP contribution is -1.75. The molecular weight excluding hydrogens is 246 g/mol. The minimum Gasteiger partial charge on any atom is -0.244 e. The van der Waals surface area contributed by atoms with Crippen LogP contribution in [0.5, 0.6) is 0 Å². The standard InChI is InChI=1S/C12H7N5S/c13-17-16-9-4-1-3-8(7-9)11-15-10-5-2-6-14-12(10)18-11/h1-7H. The number of fused-ring (bicyclic) bond motifs is 1. The van der Waals surface area contributed by atoms with Crippen molar-refractivity contribution in [3.05, 3.63) is 53.0 Å². The molecular formula is C12H7N5S. The van der Waals surface area contributed by atoms with E-state index in [1.807, 2.05) is 30.3 Å². The summed E-state index contributed by atoms with van der Waals surface area (Å²) in [7, 11) is 0. The van der Waals surface area contributed by atoms with E-state index in [1.165, 1.54) is 11.3 Å². The van der Waals surface area contributed by atoms with Crippen LogP contribution in [0.25, 0.3) is 31.4 Å². The summed E-state index contributed by atoms with van der Waals surface area (Å²) >= 11 is 1.52. The predicted molar refractivity (Wildman–Crippen MR) is 71.7 cm³/mol. The van der Waals surface area contributed by atoms with Gasteiger partial charge in [0.1, 0.15) is 15.4 Å². The van der Waals surface area contributed by atoms with Crippen molar-refractivity contribution in [1.82, 2.24) is 9.97 Å². The first kappa shape index (κ1) is 10.7. The molecule has 2 aromatic heterocycles. The molecule has 0 atom stereocenters. The zero-order chi connectivity index (χ0) is 12.4. The molecule has 18 heavy (non-hydrogen) atoms. The normalized spacial score (nSPS) is 10.2. The third-order valence-corrected chi connectivity index (χ3v) is 3.45. The number of hydrogen-bond donors (Lipinski definition) is 0. The number of azide groups is 1. The Kier molecular flexibility index (Phi) is 2.64. The highest BCUT2D eigenvalue weighted by atomic mass is 32.1. The number of aromatic nitrogens is 2. The summed E-state index contributed by atoms with van der Waals surface area (Å²) < 4.78 is 0. The van der Waals surface area contributed by atoms with E-state index in [-0.39, 0.29) is 0 Å². The van der Waals surface area contributed by atoms with E-state index in [4.69, 9.17) is 5.53 Å². The van der Waals surface area contributed by atoms with Crippen LogP contribution in [-0.2, 0) is 0 Å². The van der Waals surface area contributed by atoms with Gasteiger partial charge in [-0.05, 0) is 23.7 Å². The Bertz CT molecular complexity index is 725. The van der Waals surface area contributed by atoms with Crippen molar-refractivity contribution in [3.8, 4) is 10.6 Å². The van der Waals surface area contributed by atoms with Crippen molar-refractivity contribution in [2.75, 3.05) is 0 Å². The highest BCUT2D eigenvalue weighted by molar-refractivity contribution is 7.21. The van der Waals surface area contributed by atoms with Crippen LogP contribution < -0.4 is 0 Å². The number of thiazole rings is 1. The highest BCUT2D eigenvalue weighted by Gasteiger charge is 2.06. The quantitative estimate of drug-likeness (QED) is 0.388. The summed E-state index contributed by atoms with van der Waals surface area (Å²) in [4.78, 5) is 12.4. The Hall–Kier alpha value is -2.43. The van der Waals surface area contributed by atoms with Crippen molar-refractivity contribution in [2.45, 2.75) is 0 Å². The van der Waals surface area contributed by atoms with Crippen LogP contribution in [0.4, 0.5) is 5.69 Å². The number of hydrogen-bond acceptors (Lipinski definition) is 4. The molecule has 0 saturated heterocycles. The minimum atomic E-state index is 0.585. The molecule has 3 rings (SSSR count). The van der Waals surface area contributed by atoms with Crippen molar-refractivity contribution >= 4 is 27.4 Å². The molecule has 0 saturated carbocycles. The van der Waals surface area contributed by atoms with Gasteiger partial charge < -0.3 is 0 Å². The zero-order valence-electron chi connectivity index (χ0n) is 9.19. The Balaban J connectivity index is 2.13. The van der Waals surface area contributed by atoms with Gasteiger partial charge in [0, 0.05) is 22.4 Å². The second-order valence-electron chi connectivity index (χ2n) is 3.59. The molecule has 1 aromatic carbocycles. The number of rotatable bonds is 2. The Morgan fingerprint density at radius 2 is 2.17 bits per heavy atom. The fourth-order valence-electron chi connectivity index (χ4n) is 1.65. The first-order chi connectivity index (χ1) is 8.86. The summed E-state index contributed by atoms with van der Waals surface area (Å²) in [5.41, 5.74) is 10.8. The molecule has 0 spiro atoms. The molecule has 0 fully saturated rings. The van der Waals surface area contributed by atoms with E-state index in [2.05, 4.69) is 20.0 Å². The molecule has 86 valence electrons. The SMILES string of the molecule is [N-]=[N+]=Nc1cccc(-c2nc3cccnc3s2)c1. The predicted octanol–water partition coefficient (Wildman–Crippen LogP) is 4.30. The number of benzene rings is 1. The molecule has 0 aliphatic carbocycles. The van der Waals surface area contributed by atoms with Crippen LogP contribution in [0.3, 0.4) is 0 Å². The second-order valence-corrected chi connectivity index (χ2v) is 4.56. The lowest BCUT2D eigenvalue weighted by molar-refractivity contribution is 1.40. The van der Waals surface area contributed by atoms with Gasteiger partial charge in [0.05, 0.1) is 0 Å². The molecule has 0 aliphatic heterocycles. The minimum absolute atomic E-state index is 0.585. The molecule has 0 aliphatic rings. The Morgan fingerprint density at radius 1 is 1.22 bits per heavy atom. The van der Waals surface area contributed by atoms with Gasteiger partial charge >= 0.3 is 0 Å². The van der Waals surface area contributed by atoms with Gasteiger partial charge in [-0.15, -0.1) is 0 Å². The van der Waals surface area contributed by atoms with Crippen molar-refractivity contribution in [2.24, 2.45) is 5.11 Å². The van der Waals surface area contributed by atoms with Gasteiger partial charge in [-0.25, -0.2) is 9.97 Å². The summed E-state index contributed by atoms with van der Waals surface area (Å²) in [5, 5.41) is 4.46. The van der Waals surface area contributed by atoms with Crippen LogP contribution in [0.2, 0.25) is 0 Å². The fraction of sp³-hybridized carbons (Fsp3) is 0. The second kappa shape index (κ2) is 4.44. The third-order valence-electron chi connectivity index (χ3n) is 2.42. The lowest BCUT2D eigenvalue weighted by Gasteiger charge is -1.96. The maximum Gasteiger partial charge on any atom is 0.143 e. The fourth-order valence-corrected chi connectivity index (χ4v) is 2.55. The van der Waals surface area contributed by atoms with E-state index in [9.17, 15) is 0 Å². The van der Waals surface area contributed by atoms with E-state index in [0.717, 1.165) is 20.9 Å². The molecule has 0 N–H and O–H groups in total. The van der Waals surface area contributed by atoms with Gasteiger partial charge in [-0.1, -0.05) is 34.7 Å². The summed E-state index contributed by atoms with van der Waals surface area (Å²) in [6.07, 6.45) is 1.75. The van der Waals surface area contributed by atoms with Gasteiger partial charge in [0.25, 0.3) is 0 Å². The molecule has 0 radical (unpaired) electrons. The maximum atomic E-state index is 8.43. The van der Waals surface area contributed by atoms with Crippen LogP contribution in [0.1, 0.15) is 0 Å². The molecule has 2 heterocycles. The van der Waals surface area contributed by atoms with Crippen molar-refractivity contribution in [3.63, 3.8) is 0 Å². The Labute approximate surface area is 106 Å². The molecule has 3 aromatic rings. The van der Waals surface area contributed by atoms with Gasteiger partial charge in [-0.2, -0.15) is 0 Å². The van der Waals surface area contributed by atoms with Crippen molar-refractivity contribution in [1.29, 1.82) is 0 Å². The smallest absolute Gasteiger partial charge is 0.143 e. The average Bonchev–Trinajstić information content (AvgIpc) is 2.83. The summed E-state index contributed by atoms with van der Waals surface area (Å²) in [6, 6.07) is 11.2. The van der Waals surface area contributed by atoms with Crippen molar-refractivity contribution < 1.29 is 0 Å². The van der Waals surface area contributed by atoms with E-state index in [0.29, 0.717) is 5.69 Å². The van der Waals surface area contributed by atoms with Gasteiger partial charge in [0.2, 0.25) is 0 Å². The van der Waals surface area contributed by atoms with E-state index in [1.54, 1.807) is 12.3 Å². The van der Waals surface area contributed by atoms with E-state index >= 15 is 0 Å². The van der Waals surface area contributed by atoms with Crippen LogP contribution >= 0.6 is 11.3 Å². The number of pyridine rings is 1. The first-order valence-electron chi connectivity index (χ1n) is 5.24. The Morgan fingerprint density at radius 3 is 3.00 bits per heavy atom. The van der Waals surface area contributed by atoms with Gasteiger partial charge in [-0.3, -0.25) is 0 Å². The van der Waals surface area contributed by atoms with Crippen LogP contribution in [0, 0.1) is 0 Å². The molecule has 0 unspecified atom stereocenters. The highest BCUT2D eigenvalue weighted by Crippen LogP contribution is 2.30. The van der Waals surface area contributed by atoms with E-state index < -0.39 is 0 Å². The molecule has 0 amide bonds. The first-order valence-corrected chi connectivity index (χ1v) is 6.05. The zero-order valence-corrected chi connectivity index (χ0v) is 10.0. The largest absolute Gasteiger partial charge is 0.244 e. The number of nitrogens with zero attached hydrogens (tertiary/aromatic N) is 5. The monoisotopic (exact) mass is 253 g/mol.